The molecule has 2 heterocycles. The third-order valence-electron chi connectivity index (χ3n) is 2.53. The van der Waals surface area contributed by atoms with Crippen molar-refractivity contribution in [3.05, 3.63) is 30.2 Å². The highest BCUT2D eigenvalue weighted by Crippen LogP contribution is 2.32. The lowest BCUT2D eigenvalue weighted by molar-refractivity contribution is -0.117. The molecule has 0 fully saturated rings. The maximum atomic E-state index is 11.7. The largest absolute Gasteiger partial charge is 0.320 e. The zero-order chi connectivity index (χ0) is 14.7. The lowest BCUT2D eigenvalue weighted by Gasteiger charge is -2.03. The van der Waals surface area contributed by atoms with Crippen molar-refractivity contribution >= 4 is 28.2 Å². The predicted molar refractivity (Wildman–Crippen MR) is 77.6 cm³/mol. The Kier molecular flexibility index (Phi) is 4.21. The monoisotopic (exact) mass is 290 g/mol. The SMILES string of the molecule is CC(=O)c1nc(NC(=O)[C@@H](C)N)sc1-c1cccnc1. The number of anilines is 1. The van der Waals surface area contributed by atoms with E-state index in [1.54, 1.807) is 25.4 Å². The quantitative estimate of drug-likeness (QED) is 0.835. The number of Topliss-reactive ketones (excluding diaryl/α,β-unsaturated/α-hetero) is 1. The van der Waals surface area contributed by atoms with Crippen molar-refractivity contribution in [3.63, 3.8) is 0 Å². The van der Waals surface area contributed by atoms with Crippen molar-refractivity contribution in [1.82, 2.24) is 9.97 Å². The minimum atomic E-state index is -0.637. The summed E-state index contributed by atoms with van der Waals surface area (Å²) in [6.07, 6.45) is 3.30. The number of ketones is 1. The molecule has 2 aromatic heterocycles. The Bertz CT molecular complexity index is 637. The summed E-state index contributed by atoms with van der Waals surface area (Å²) in [5, 5.41) is 2.96. The summed E-state index contributed by atoms with van der Waals surface area (Å²) in [7, 11) is 0. The smallest absolute Gasteiger partial charge is 0.242 e. The molecule has 1 atom stereocenters. The van der Waals surface area contributed by atoms with E-state index in [-0.39, 0.29) is 11.7 Å². The lowest BCUT2D eigenvalue weighted by atomic mass is 10.2. The molecule has 6 nitrogen and oxygen atoms in total. The summed E-state index contributed by atoms with van der Waals surface area (Å²) in [6, 6.07) is 2.98. The third-order valence-corrected chi connectivity index (χ3v) is 3.55. The molecule has 1 amide bonds. The molecule has 0 radical (unpaired) electrons. The average molecular weight is 290 g/mol. The molecule has 0 saturated heterocycles. The van der Waals surface area contributed by atoms with Crippen LogP contribution in [-0.2, 0) is 4.79 Å². The van der Waals surface area contributed by atoms with E-state index >= 15 is 0 Å². The molecule has 3 N–H and O–H groups in total. The average Bonchev–Trinajstić information content (AvgIpc) is 2.83. The summed E-state index contributed by atoms with van der Waals surface area (Å²) in [5.74, 6) is -0.506. The second kappa shape index (κ2) is 5.89. The molecule has 0 unspecified atom stereocenters. The van der Waals surface area contributed by atoms with Crippen molar-refractivity contribution < 1.29 is 9.59 Å². The van der Waals surface area contributed by atoms with Gasteiger partial charge in [-0.25, -0.2) is 4.98 Å². The van der Waals surface area contributed by atoms with Crippen LogP contribution < -0.4 is 11.1 Å². The molecular weight excluding hydrogens is 276 g/mol. The van der Waals surface area contributed by atoms with Crippen LogP contribution in [0.25, 0.3) is 10.4 Å². The summed E-state index contributed by atoms with van der Waals surface area (Å²) in [5.41, 5.74) is 6.60. The Morgan fingerprint density at radius 2 is 2.20 bits per heavy atom. The Balaban J connectivity index is 2.39. The first kappa shape index (κ1) is 14.3. The number of hydrogen-bond donors (Lipinski definition) is 2. The van der Waals surface area contributed by atoms with E-state index in [0.717, 1.165) is 5.56 Å². The summed E-state index contributed by atoms with van der Waals surface area (Å²) >= 11 is 1.23. The van der Waals surface area contributed by atoms with Gasteiger partial charge in [-0.15, -0.1) is 0 Å². The zero-order valence-corrected chi connectivity index (χ0v) is 11.9. The fourth-order valence-electron chi connectivity index (χ4n) is 1.52. The van der Waals surface area contributed by atoms with E-state index in [4.69, 9.17) is 5.73 Å². The Morgan fingerprint density at radius 3 is 2.75 bits per heavy atom. The van der Waals surface area contributed by atoms with Crippen LogP contribution in [0, 0.1) is 0 Å². The van der Waals surface area contributed by atoms with Gasteiger partial charge in [0, 0.05) is 24.9 Å². The highest BCUT2D eigenvalue weighted by molar-refractivity contribution is 7.19. The number of thiazole rings is 1. The highest BCUT2D eigenvalue weighted by Gasteiger charge is 2.18. The van der Waals surface area contributed by atoms with Crippen molar-refractivity contribution in [1.29, 1.82) is 0 Å². The summed E-state index contributed by atoms with van der Waals surface area (Å²) < 4.78 is 0. The fourth-order valence-corrected chi connectivity index (χ4v) is 2.53. The van der Waals surface area contributed by atoms with E-state index < -0.39 is 6.04 Å². The minimum absolute atomic E-state index is 0.165. The predicted octanol–water partition coefficient (Wildman–Crippen LogP) is 1.69. The van der Waals surface area contributed by atoms with Gasteiger partial charge >= 0.3 is 0 Å². The molecule has 2 rings (SSSR count). The van der Waals surface area contributed by atoms with Crippen LogP contribution in [0.3, 0.4) is 0 Å². The number of aromatic nitrogens is 2. The van der Waals surface area contributed by atoms with Crippen molar-refractivity contribution in [2.75, 3.05) is 5.32 Å². The van der Waals surface area contributed by atoms with Gasteiger partial charge in [0.15, 0.2) is 10.9 Å². The topological polar surface area (TPSA) is 98.0 Å². The van der Waals surface area contributed by atoms with Crippen LogP contribution in [0.2, 0.25) is 0 Å². The van der Waals surface area contributed by atoms with Crippen molar-refractivity contribution in [3.8, 4) is 10.4 Å². The Morgan fingerprint density at radius 1 is 1.45 bits per heavy atom. The normalized spacial score (nSPS) is 11.9. The van der Waals surface area contributed by atoms with Crippen LogP contribution in [-0.4, -0.2) is 27.7 Å². The number of nitrogens with one attached hydrogen (secondary N) is 1. The first-order chi connectivity index (χ1) is 9.49. The molecule has 0 aliphatic heterocycles. The maximum absolute atomic E-state index is 11.7. The second-order valence-electron chi connectivity index (χ2n) is 4.27. The van der Waals surface area contributed by atoms with E-state index in [1.807, 2.05) is 6.07 Å². The summed E-state index contributed by atoms with van der Waals surface area (Å²) in [6.45, 7) is 3.02. The molecule has 104 valence electrons. The molecular formula is C13H14N4O2S. The minimum Gasteiger partial charge on any atom is -0.320 e. The Hall–Kier alpha value is -2.12. The zero-order valence-electron chi connectivity index (χ0n) is 11.1. The van der Waals surface area contributed by atoms with E-state index in [9.17, 15) is 9.59 Å². The lowest BCUT2D eigenvalue weighted by Crippen LogP contribution is -2.32. The van der Waals surface area contributed by atoms with Gasteiger partial charge in [-0.1, -0.05) is 17.4 Å². The first-order valence-electron chi connectivity index (χ1n) is 5.97. The molecule has 20 heavy (non-hydrogen) atoms. The van der Waals surface area contributed by atoms with Gasteiger partial charge in [0.1, 0.15) is 5.69 Å². The van der Waals surface area contributed by atoms with Gasteiger partial charge in [-0.05, 0) is 13.0 Å². The number of carbonyl (C=O) groups is 2. The Labute approximate surface area is 120 Å². The standard InChI is InChI=1S/C13H14N4O2S/c1-7(14)12(19)17-13-16-10(8(2)18)11(20-13)9-4-3-5-15-6-9/h3-7H,14H2,1-2H3,(H,16,17,19)/t7-/m1/s1. The van der Waals surface area contributed by atoms with Crippen molar-refractivity contribution in [2.24, 2.45) is 5.73 Å². The van der Waals surface area contributed by atoms with Crippen LogP contribution in [0.5, 0.6) is 0 Å². The highest BCUT2D eigenvalue weighted by atomic mass is 32.1. The van der Waals surface area contributed by atoms with Crippen LogP contribution in [0.15, 0.2) is 24.5 Å². The van der Waals surface area contributed by atoms with Gasteiger partial charge in [-0.2, -0.15) is 0 Å². The first-order valence-corrected chi connectivity index (χ1v) is 6.79. The number of hydrogen-bond acceptors (Lipinski definition) is 6. The van der Waals surface area contributed by atoms with E-state index in [0.29, 0.717) is 15.7 Å². The number of pyridine rings is 1. The number of amides is 1. The number of carbonyl (C=O) groups excluding carboxylic acids is 2. The van der Waals surface area contributed by atoms with Crippen LogP contribution >= 0.6 is 11.3 Å². The van der Waals surface area contributed by atoms with Crippen LogP contribution in [0.1, 0.15) is 24.3 Å². The molecule has 0 saturated carbocycles. The molecule has 0 bridgehead atoms. The molecule has 0 spiro atoms. The maximum Gasteiger partial charge on any atom is 0.242 e. The number of nitrogens with two attached hydrogens (primary N) is 1. The summed E-state index contributed by atoms with van der Waals surface area (Å²) in [4.78, 5) is 32.1. The van der Waals surface area contributed by atoms with Gasteiger partial charge in [0.2, 0.25) is 5.91 Å². The fraction of sp³-hybridized carbons (Fsp3) is 0.231. The van der Waals surface area contributed by atoms with Gasteiger partial charge in [0.05, 0.1) is 10.9 Å². The van der Waals surface area contributed by atoms with E-state index in [1.165, 1.54) is 18.3 Å². The number of nitrogens with zero attached hydrogens (tertiary/aromatic N) is 2. The third kappa shape index (κ3) is 3.06. The number of rotatable bonds is 4. The van der Waals surface area contributed by atoms with Gasteiger partial charge in [0.25, 0.3) is 0 Å². The van der Waals surface area contributed by atoms with Gasteiger partial charge < -0.3 is 11.1 Å². The molecule has 0 aliphatic rings. The van der Waals surface area contributed by atoms with Gasteiger partial charge in [-0.3, -0.25) is 14.6 Å². The van der Waals surface area contributed by atoms with Crippen LogP contribution in [0.4, 0.5) is 5.13 Å². The molecule has 0 aliphatic carbocycles. The second-order valence-corrected chi connectivity index (χ2v) is 5.27. The van der Waals surface area contributed by atoms with Crippen molar-refractivity contribution in [2.45, 2.75) is 19.9 Å². The molecule has 7 heteroatoms. The molecule has 2 aromatic rings. The molecule has 0 aromatic carbocycles. The van der Waals surface area contributed by atoms with E-state index in [2.05, 4.69) is 15.3 Å².